The van der Waals surface area contributed by atoms with Crippen LogP contribution in [-0.2, 0) is 24.3 Å². The third-order valence-corrected chi connectivity index (χ3v) is 8.40. The maximum atomic E-state index is 13.3. The van der Waals surface area contributed by atoms with Crippen LogP contribution in [0.3, 0.4) is 0 Å². The van der Waals surface area contributed by atoms with E-state index in [2.05, 4.69) is 20.3 Å². The van der Waals surface area contributed by atoms with Gasteiger partial charge >= 0.3 is 5.97 Å². The van der Waals surface area contributed by atoms with Gasteiger partial charge in [0.05, 0.1) is 23.4 Å². The van der Waals surface area contributed by atoms with Gasteiger partial charge in [-0.2, -0.15) is 0 Å². The fourth-order valence-corrected chi connectivity index (χ4v) is 5.77. The number of aryl methyl sites for hydroxylation is 1. The van der Waals surface area contributed by atoms with Crippen LogP contribution in [0.15, 0.2) is 57.8 Å². The van der Waals surface area contributed by atoms with Crippen LogP contribution in [0.5, 0.6) is 0 Å². The topological polar surface area (TPSA) is 119 Å². The van der Waals surface area contributed by atoms with Crippen molar-refractivity contribution in [1.82, 2.24) is 10.2 Å². The smallest absolute Gasteiger partial charge is 0.316 e. The summed E-state index contributed by atoms with van der Waals surface area (Å²) in [6.07, 6.45) is 0. The van der Waals surface area contributed by atoms with E-state index >= 15 is 0 Å². The number of nitrogens with zero attached hydrogens (tertiary/aromatic N) is 3. The molecule has 0 radical (unpaired) electrons. The fraction of sp³-hybridized carbons (Fsp3) is 0.200. The molecule has 3 rings (SSSR count). The van der Waals surface area contributed by atoms with Gasteiger partial charge in [-0.3, -0.25) is 19.2 Å². The van der Waals surface area contributed by atoms with E-state index in [0.717, 1.165) is 33.0 Å². The van der Waals surface area contributed by atoms with Crippen LogP contribution in [0.25, 0.3) is 0 Å². The Labute approximate surface area is 204 Å². The van der Waals surface area contributed by atoms with Crippen LogP contribution < -0.4 is 9.62 Å². The normalized spacial score (nSPS) is 11.1. The van der Waals surface area contributed by atoms with Crippen molar-refractivity contribution in [2.45, 2.75) is 16.2 Å². The van der Waals surface area contributed by atoms with Gasteiger partial charge in [0.25, 0.3) is 10.0 Å². The second-order valence-electron chi connectivity index (χ2n) is 6.54. The number of hydrogen-bond acceptors (Lipinski definition) is 9. The largest absolute Gasteiger partial charge is 0.468 e. The van der Waals surface area contributed by atoms with E-state index in [-0.39, 0.29) is 21.5 Å². The summed E-state index contributed by atoms with van der Waals surface area (Å²) in [5, 5.41) is 10.8. The number of methoxy groups -OCH3 is 1. The predicted octanol–water partition coefficient (Wildman–Crippen LogP) is 3.60. The van der Waals surface area contributed by atoms with Gasteiger partial charge in [-0.05, 0) is 36.8 Å². The summed E-state index contributed by atoms with van der Waals surface area (Å²) in [4.78, 5) is 24.0. The number of ether oxygens (including phenoxy) is 1. The van der Waals surface area contributed by atoms with Gasteiger partial charge in [-0.1, -0.05) is 59.0 Å². The molecular formula is C20H19ClN4O5S3. The van der Waals surface area contributed by atoms with Crippen LogP contribution in [0, 0.1) is 6.92 Å². The molecule has 0 atom stereocenters. The average Bonchev–Trinajstić information content (AvgIpc) is 3.25. The van der Waals surface area contributed by atoms with E-state index in [9.17, 15) is 18.0 Å². The molecule has 3 aromatic rings. The number of amides is 1. The molecule has 1 aromatic heterocycles. The summed E-state index contributed by atoms with van der Waals surface area (Å²) in [5.74, 6) is -0.984. The number of hydrogen-bond donors (Lipinski definition) is 1. The number of nitrogens with one attached hydrogen (secondary N) is 1. The summed E-state index contributed by atoms with van der Waals surface area (Å²) in [6.45, 7) is 1.28. The van der Waals surface area contributed by atoms with E-state index in [0.29, 0.717) is 9.36 Å². The molecule has 1 heterocycles. The van der Waals surface area contributed by atoms with Gasteiger partial charge in [-0.15, -0.1) is 10.2 Å². The van der Waals surface area contributed by atoms with E-state index in [1.165, 1.54) is 25.3 Å². The minimum atomic E-state index is -4.06. The second kappa shape index (κ2) is 11.0. The Morgan fingerprint density at radius 2 is 1.91 bits per heavy atom. The quantitative estimate of drug-likeness (QED) is 0.255. The number of sulfonamides is 1. The summed E-state index contributed by atoms with van der Waals surface area (Å²) in [6, 6.07) is 12.6. The van der Waals surface area contributed by atoms with Crippen molar-refractivity contribution in [3.05, 3.63) is 59.1 Å². The van der Waals surface area contributed by atoms with E-state index in [1.54, 1.807) is 37.3 Å². The monoisotopic (exact) mass is 526 g/mol. The van der Waals surface area contributed by atoms with Gasteiger partial charge in [-0.25, -0.2) is 8.42 Å². The second-order valence-corrected chi connectivity index (χ2v) is 11.0. The Balaban J connectivity index is 1.82. The summed E-state index contributed by atoms with van der Waals surface area (Å²) in [7, 11) is -2.78. The average molecular weight is 527 g/mol. The number of esters is 1. The molecule has 13 heteroatoms. The van der Waals surface area contributed by atoms with Gasteiger partial charge in [0.15, 0.2) is 4.34 Å². The van der Waals surface area contributed by atoms with Crippen molar-refractivity contribution >= 4 is 67.4 Å². The van der Waals surface area contributed by atoms with Crippen LogP contribution in [-0.4, -0.2) is 49.9 Å². The van der Waals surface area contributed by atoms with Gasteiger partial charge in [0, 0.05) is 5.02 Å². The van der Waals surface area contributed by atoms with Crippen molar-refractivity contribution < 1.29 is 22.7 Å². The van der Waals surface area contributed by atoms with Gasteiger partial charge in [0.2, 0.25) is 11.0 Å². The highest BCUT2D eigenvalue weighted by molar-refractivity contribution is 8.01. The minimum absolute atomic E-state index is 0.0342. The summed E-state index contributed by atoms with van der Waals surface area (Å²) in [5.41, 5.74) is 1.02. The van der Waals surface area contributed by atoms with Crippen molar-refractivity contribution in [2.75, 3.05) is 29.0 Å². The van der Waals surface area contributed by atoms with Crippen molar-refractivity contribution in [1.29, 1.82) is 0 Å². The Morgan fingerprint density at radius 1 is 1.18 bits per heavy atom. The van der Waals surface area contributed by atoms with E-state index in [4.69, 9.17) is 11.6 Å². The molecule has 1 amide bonds. The fourth-order valence-electron chi connectivity index (χ4n) is 2.56. The number of carbonyl (C=O) groups excluding carboxylic acids is 2. The lowest BCUT2D eigenvalue weighted by atomic mass is 10.2. The molecule has 0 aliphatic rings. The number of carbonyl (C=O) groups is 2. The van der Waals surface area contributed by atoms with Crippen molar-refractivity contribution in [3.63, 3.8) is 0 Å². The van der Waals surface area contributed by atoms with E-state index in [1.807, 2.05) is 0 Å². The molecule has 0 saturated carbocycles. The summed E-state index contributed by atoms with van der Waals surface area (Å²) >= 11 is 8.38. The van der Waals surface area contributed by atoms with Gasteiger partial charge < -0.3 is 4.74 Å². The van der Waals surface area contributed by atoms with E-state index < -0.39 is 28.4 Å². The standard InChI is InChI=1S/C20H19ClN4O5S3/c1-13-8-9-14(10-16(13)21)25(33(28,29)15-6-4-3-5-7-15)11-17(26)22-19-23-24-20(32-19)31-12-18(27)30-2/h3-10H,11-12H2,1-2H3,(H,22,23,26). The van der Waals surface area contributed by atoms with Crippen LogP contribution in [0.4, 0.5) is 10.8 Å². The molecule has 9 nitrogen and oxygen atoms in total. The maximum Gasteiger partial charge on any atom is 0.316 e. The first-order valence-corrected chi connectivity index (χ1v) is 13.0. The zero-order valence-corrected chi connectivity index (χ0v) is 20.7. The predicted molar refractivity (Wildman–Crippen MR) is 128 cm³/mol. The van der Waals surface area contributed by atoms with Crippen LogP contribution in [0.1, 0.15) is 5.56 Å². The number of rotatable bonds is 9. The maximum absolute atomic E-state index is 13.3. The lowest BCUT2D eigenvalue weighted by Gasteiger charge is -2.24. The lowest BCUT2D eigenvalue weighted by molar-refractivity contribution is -0.137. The molecule has 1 N–H and O–H groups in total. The molecule has 0 bridgehead atoms. The van der Waals surface area contributed by atoms with Gasteiger partial charge in [0.1, 0.15) is 6.54 Å². The van der Waals surface area contributed by atoms with Crippen molar-refractivity contribution in [2.24, 2.45) is 0 Å². The third kappa shape index (κ3) is 6.44. The summed E-state index contributed by atoms with van der Waals surface area (Å²) < 4.78 is 32.7. The molecular weight excluding hydrogens is 508 g/mol. The Bertz CT molecular complexity index is 1250. The SMILES string of the molecule is COC(=O)CSc1nnc(NC(=O)CN(c2ccc(C)c(Cl)c2)S(=O)(=O)c2ccccc2)s1. The number of benzene rings is 2. The molecule has 0 spiro atoms. The Kier molecular flexibility index (Phi) is 8.30. The number of anilines is 2. The first kappa shape index (κ1) is 25.0. The molecule has 0 aliphatic heterocycles. The number of halogens is 1. The first-order chi connectivity index (χ1) is 15.7. The molecule has 0 saturated heterocycles. The van der Waals surface area contributed by atoms with Crippen LogP contribution >= 0.6 is 34.7 Å². The number of aromatic nitrogens is 2. The number of thioether (sulfide) groups is 1. The molecule has 0 aliphatic carbocycles. The zero-order chi connectivity index (χ0) is 24.0. The third-order valence-electron chi connectivity index (χ3n) is 4.26. The highest BCUT2D eigenvalue weighted by Gasteiger charge is 2.28. The van der Waals surface area contributed by atoms with Crippen LogP contribution in [0.2, 0.25) is 5.02 Å². The molecule has 33 heavy (non-hydrogen) atoms. The van der Waals surface area contributed by atoms with Crippen molar-refractivity contribution in [3.8, 4) is 0 Å². The Hall–Kier alpha value is -2.67. The molecule has 174 valence electrons. The molecule has 0 fully saturated rings. The highest BCUT2D eigenvalue weighted by Crippen LogP contribution is 2.29. The lowest BCUT2D eigenvalue weighted by Crippen LogP contribution is -2.38. The molecule has 0 unspecified atom stereocenters. The Morgan fingerprint density at radius 3 is 2.58 bits per heavy atom. The zero-order valence-electron chi connectivity index (χ0n) is 17.5. The highest BCUT2D eigenvalue weighted by atomic mass is 35.5. The molecule has 2 aromatic carbocycles. The minimum Gasteiger partial charge on any atom is -0.468 e. The first-order valence-electron chi connectivity index (χ1n) is 9.37.